The fraction of sp³-hybridized carbons (Fsp3) is 0.391. The Bertz CT molecular complexity index is 1160. The van der Waals surface area contributed by atoms with Gasteiger partial charge in [-0.05, 0) is 50.6 Å². The summed E-state index contributed by atoms with van der Waals surface area (Å²) in [4.78, 5) is 40.3. The molecule has 0 aliphatic rings. The summed E-state index contributed by atoms with van der Waals surface area (Å²) in [5.41, 5.74) is 0.144. The molecule has 0 fully saturated rings. The number of sulfonamides is 1. The molecule has 3 amide bonds. The van der Waals surface area contributed by atoms with E-state index >= 15 is 0 Å². The second-order valence-corrected chi connectivity index (χ2v) is 9.33. The first kappa shape index (κ1) is 29.2. The van der Waals surface area contributed by atoms with E-state index in [1.807, 2.05) is 18.6 Å². The van der Waals surface area contributed by atoms with Crippen LogP contribution in [0.2, 0.25) is 5.02 Å². The van der Waals surface area contributed by atoms with Crippen molar-refractivity contribution in [1.29, 1.82) is 0 Å². The van der Waals surface area contributed by atoms with Crippen LogP contribution >= 0.6 is 11.6 Å². The molecule has 2 aromatic rings. The monoisotopic (exact) mass is 540 g/mol. The molecule has 0 bridgehead atoms. The number of carbonyl (C=O) groups is 3. The van der Waals surface area contributed by atoms with Crippen LogP contribution in [0.3, 0.4) is 0 Å². The van der Waals surface area contributed by atoms with Crippen LogP contribution in [0.4, 0.5) is 0 Å². The molecular formula is C23H29ClN4O7S. The lowest BCUT2D eigenvalue weighted by Gasteiger charge is -2.11. The topological polar surface area (TPSA) is 153 Å². The van der Waals surface area contributed by atoms with Crippen molar-refractivity contribution in [3.05, 3.63) is 58.4 Å². The third kappa shape index (κ3) is 8.86. The average Bonchev–Trinajstić information content (AvgIpc) is 2.85. The van der Waals surface area contributed by atoms with Crippen LogP contribution in [0.5, 0.6) is 0 Å². The first-order chi connectivity index (χ1) is 17.2. The zero-order valence-corrected chi connectivity index (χ0v) is 21.6. The molecule has 196 valence electrons. The van der Waals surface area contributed by atoms with Crippen LogP contribution < -0.4 is 15.4 Å². The number of rotatable bonds is 14. The molecule has 1 aromatic carbocycles. The quantitative estimate of drug-likeness (QED) is 0.306. The maximum absolute atomic E-state index is 12.7. The number of ether oxygens (including phenoxy) is 2. The number of aromatic nitrogens is 1. The number of benzene rings is 1. The number of pyridine rings is 1. The fourth-order valence-corrected chi connectivity index (χ4v) is 4.37. The lowest BCUT2D eigenvalue weighted by atomic mass is 10.2. The van der Waals surface area contributed by atoms with Crippen LogP contribution in [0.1, 0.15) is 51.5 Å². The highest BCUT2D eigenvalue weighted by molar-refractivity contribution is 7.90. The van der Waals surface area contributed by atoms with Gasteiger partial charge in [0.05, 0.1) is 17.2 Å². The highest BCUT2D eigenvalue weighted by Crippen LogP contribution is 2.23. The highest BCUT2D eigenvalue weighted by Gasteiger charge is 2.23. The van der Waals surface area contributed by atoms with Crippen LogP contribution in [-0.4, -0.2) is 70.6 Å². The Kier molecular flexibility index (Phi) is 11.7. The summed E-state index contributed by atoms with van der Waals surface area (Å²) in [7, 11) is -4.35. The van der Waals surface area contributed by atoms with Crippen molar-refractivity contribution in [2.75, 3.05) is 39.5 Å². The predicted molar refractivity (Wildman–Crippen MR) is 133 cm³/mol. The van der Waals surface area contributed by atoms with Crippen LogP contribution in [-0.2, 0) is 19.5 Å². The molecule has 0 spiro atoms. The van der Waals surface area contributed by atoms with Gasteiger partial charge in [-0.25, -0.2) is 13.1 Å². The molecule has 1 heterocycles. The van der Waals surface area contributed by atoms with E-state index in [1.165, 1.54) is 24.3 Å². The summed E-state index contributed by atoms with van der Waals surface area (Å²) < 4.78 is 37.6. The van der Waals surface area contributed by atoms with E-state index < -0.39 is 27.7 Å². The van der Waals surface area contributed by atoms with Crippen molar-refractivity contribution >= 4 is 39.3 Å². The average molecular weight is 541 g/mol. The first-order valence-corrected chi connectivity index (χ1v) is 13.1. The Hall–Kier alpha value is -3.06. The van der Waals surface area contributed by atoms with E-state index in [0.717, 1.165) is 12.3 Å². The number of nitrogens with one attached hydrogen (secondary N) is 3. The normalized spacial score (nSPS) is 11.1. The maximum atomic E-state index is 12.7. The van der Waals surface area contributed by atoms with Crippen molar-refractivity contribution < 1.29 is 32.3 Å². The standard InChI is InChI=1S/C23H29ClN4O7S/c1-3-34-12-5-10-25-21(29)16-7-9-20(18(24)14-16)36(32,33)28-22(30)17-6-8-19(27-15-17)23(31)26-11-13-35-4-2/h6-9,14-15H,3-5,10-13H2,1-2H3,(H,25,29)(H,26,31)(H,28,30). The minimum absolute atomic E-state index is 0.0562. The molecule has 13 heteroatoms. The third-order valence-corrected chi connectivity index (χ3v) is 6.47. The van der Waals surface area contributed by atoms with Crippen molar-refractivity contribution in [2.45, 2.75) is 25.2 Å². The Balaban J connectivity index is 2.00. The second kappa shape index (κ2) is 14.5. The SMILES string of the molecule is CCOCCCNC(=O)c1ccc(S(=O)(=O)NC(=O)c2ccc(C(=O)NCCOCC)nc2)c(Cl)c1. The molecule has 0 atom stereocenters. The van der Waals surface area contributed by atoms with E-state index in [0.29, 0.717) is 45.9 Å². The number of amides is 3. The van der Waals surface area contributed by atoms with Gasteiger partial charge in [0.1, 0.15) is 10.6 Å². The van der Waals surface area contributed by atoms with E-state index in [4.69, 9.17) is 21.1 Å². The van der Waals surface area contributed by atoms with Gasteiger partial charge in [0, 0.05) is 44.7 Å². The lowest BCUT2D eigenvalue weighted by molar-refractivity contribution is 0.0914. The molecule has 0 aliphatic heterocycles. The Morgan fingerprint density at radius 2 is 1.56 bits per heavy atom. The minimum atomic E-state index is -4.35. The van der Waals surface area contributed by atoms with E-state index in [-0.39, 0.29) is 26.7 Å². The smallest absolute Gasteiger partial charge is 0.269 e. The zero-order chi connectivity index (χ0) is 26.6. The maximum Gasteiger partial charge on any atom is 0.269 e. The van der Waals surface area contributed by atoms with E-state index in [1.54, 1.807) is 0 Å². The van der Waals surface area contributed by atoms with Gasteiger partial charge in [-0.1, -0.05) is 11.6 Å². The van der Waals surface area contributed by atoms with Gasteiger partial charge in [-0.15, -0.1) is 0 Å². The molecule has 0 saturated heterocycles. The Morgan fingerprint density at radius 1 is 0.889 bits per heavy atom. The molecule has 3 N–H and O–H groups in total. The zero-order valence-electron chi connectivity index (χ0n) is 20.0. The molecule has 0 radical (unpaired) electrons. The van der Waals surface area contributed by atoms with Gasteiger partial charge >= 0.3 is 0 Å². The summed E-state index contributed by atoms with van der Waals surface area (Å²) in [5, 5.41) is 5.07. The van der Waals surface area contributed by atoms with Crippen LogP contribution in [0, 0.1) is 0 Å². The number of nitrogens with zero attached hydrogens (tertiary/aromatic N) is 1. The molecule has 0 saturated carbocycles. The molecule has 2 rings (SSSR count). The lowest BCUT2D eigenvalue weighted by Crippen LogP contribution is -2.31. The molecule has 1 aromatic heterocycles. The number of halogens is 1. The largest absolute Gasteiger partial charge is 0.382 e. The van der Waals surface area contributed by atoms with E-state index in [2.05, 4.69) is 15.6 Å². The summed E-state index contributed by atoms with van der Waals surface area (Å²) in [6, 6.07) is 6.21. The van der Waals surface area contributed by atoms with Gasteiger partial charge in [-0.3, -0.25) is 19.4 Å². The van der Waals surface area contributed by atoms with Gasteiger partial charge < -0.3 is 20.1 Å². The Morgan fingerprint density at radius 3 is 2.19 bits per heavy atom. The predicted octanol–water partition coefficient (Wildman–Crippen LogP) is 1.78. The molecule has 11 nitrogen and oxygen atoms in total. The van der Waals surface area contributed by atoms with Crippen LogP contribution in [0.25, 0.3) is 0 Å². The van der Waals surface area contributed by atoms with Gasteiger partial charge in [-0.2, -0.15) is 0 Å². The van der Waals surface area contributed by atoms with Crippen molar-refractivity contribution in [3.63, 3.8) is 0 Å². The van der Waals surface area contributed by atoms with E-state index in [9.17, 15) is 22.8 Å². The second-order valence-electron chi connectivity index (χ2n) is 7.27. The number of hydrogen-bond donors (Lipinski definition) is 3. The first-order valence-electron chi connectivity index (χ1n) is 11.2. The van der Waals surface area contributed by atoms with Crippen molar-refractivity contribution in [2.24, 2.45) is 0 Å². The summed E-state index contributed by atoms with van der Waals surface area (Å²) >= 11 is 6.11. The van der Waals surface area contributed by atoms with Crippen molar-refractivity contribution in [3.8, 4) is 0 Å². The summed E-state index contributed by atoms with van der Waals surface area (Å²) in [6.45, 7) is 6.36. The van der Waals surface area contributed by atoms with Gasteiger partial charge in [0.15, 0.2) is 0 Å². The molecular weight excluding hydrogens is 512 g/mol. The third-order valence-electron chi connectivity index (χ3n) is 4.66. The number of hydrogen-bond acceptors (Lipinski definition) is 8. The molecule has 36 heavy (non-hydrogen) atoms. The van der Waals surface area contributed by atoms with Crippen LogP contribution in [0.15, 0.2) is 41.4 Å². The fourth-order valence-electron chi connectivity index (χ4n) is 2.85. The Labute approximate surface area is 215 Å². The minimum Gasteiger partial charge on any atom is -0.382 e. The summed E-state index contributed by atoms with van der Waals surface area (Å²) in [6.07, 6.45) is 1.71. The van der Waals surface area contributed by atoms with Crippen molar-refractivity contribution in [1.82, 2.24) is 20.3 Å². The highest BCUT2D eigenvalue weighted by atomic mass is 35.5. The molecule has 0 unspecified atom stereocenters. The molecule has 0 aliphatic carbocycles. The number of carbonyl (C=O) groups excluding carboxylic acids is 3. The van der Waals surface area contributed by atoms with Gasteiger partial charge in [0.25, 0.3) is 27.7 Å². The van der Waals surface area contributed by atoms with Gasteiger partial charge in [0.2, 0.25) is 0 Å². The summed E-state index contributed by atoms with van der Waals surface area (Å²) in [5.74, 6) is -1.84.